The zero-order valence-corrected chi connectivity index (χ0v) is 13.5. The molecule has 112 valence electrons. The summed E-state index contributed by atoms with van der Waals surface area (Å²) >= 11 is 3.43. The molecule has 0 unspecified atom stereocenters. The number of carbonyl (C=O) groups excluding carboxylic acids is 1. The second-order valence-electron chi connectivity index (χ2n) is 4.54. The van der Waals surface area contributed by atoms with Gasteiger partial charge in [0.1, 0.15) is 11.3 Å². The Morgan fingerprint density at radius 2 is 2.00 bits per heavy atom. The van der Waals surface area contributed by atoms with Crippen molar-refractivity contribution in [3.05, 3.63) is 46.4 Å². The fraction of sp³-hybridized carbons (Fsp3) is 0.125. The van der Waals surface area contributed by atoms with Crippen LogP contribution in [0.4, 0.5) is 0 Å². The molecule has 5 nitrogen and oxygen atoms in total. The van der Waals surface area contributed by atoms with E-state index in [0.717, 1.165) is 15.8 Å². The van der Waals surface area contributed by atoms with Gasteiger partial charge in [0.2, 0.25) is 5.89 Å². The Morgan fingerprint density at radius 3 is 2.68 bits per heavy atom. The molecule has 0 aliphatic heterocycles. The summed E-state index contributed by atoms with van der Waals surface area (Å²) in [5.74, 6) is 0.798. The Hall–Kier alpha value is -2.34. The van der Waals surface area contributed by atoms with Gasteiger partial charge in [-0.15, -0.1) is 0 Å². The molecule has 2 aromatic carbocycles. The molecular weight excluding hydrogens is 350 g/mol. The van der Waals surface area contributed by atoms with E-state index in [1.807, 2.05) is 18.2 Å². The van der Waals surface area contributed by atoms with E-state index < -0.39 is 5.97 Å². The van der Waals surface area contributed by atoms with Gasteiger partial charge in [-0.3, -0.25) is 0 Å². The summed E-state index contributed by atoms with van der Waals surface area (Å²) in [5, 5.41) is 0. The van der Waals surface area contributed by atoms with Crippen molar-refractivity contribution in [1.82, 2.24) is 4.98 Å². The maximum absolute atomic E-state index is 11.5. The first-order valence-corrected chi connectivity index (χ1v) is 7.24. The van der Waals surface area contributed by atoms with Crippen molar-refractivity contribution in [3.8, 4) is 17.2 Å². The smallest absolute Gasteiger partial charge is 0.337 e. The van der Waals surface area contributed by atoms with Crippen molar-refractivity contribution < 1.29 is 18.7 Å². The molecule has 0 fully saturated rings. The molecule has 0 spiro atoms. The number of fused-ring (bicyclic) bond motifs is 1. The molecule has 0 aliphatic carbocycles. The average Bonchev–Trinajstić information content (AvgIpc) is 2.97. The minimum atomic E-state index is -0.404. The minimum absolute atomic E-state index is 0.404. The number of esters is 1. The maximum Gasteiger partial charge on any atom is 0.337 e. The Morgan fingerprint density at radius 1 is 1.18 bits per heavy atom. The first kappa shape index (κ1) is 14.6. The van der Waals surface area contributed by atoms with E-state index >= 15 is 0 Å². The number of rotatable bonds is 3. The summed E-state index contributed by atoms with van der Waals surface area (Å²) in [6.07, 6.45) is 0. The van der Waals surface area contributed by atoms with Gasteiger partial charge in [0.15, 0.2) is 5.58 Å². The van der Waals surface area contributed by atoms with Gasteiger partial charge in [-0.05, 0) is 52.3 Å². The van der Waals surface area contributed by atoms with Crippen LogP contribution in [-0.4, -0.2) is 25.2 Å². The highest BCUT2D eigenvalue weighted by Gasteiger charge is 2.13. The largest absolute Gasteiger partial charge is 0.496 e. The zero-order chi connectivity index (χ0) is 15.7. The van der Waals surface area contributed by atoms with Gasteiger partial charge in [-0.25, -0.2) is 9.78 Å². The van der Waals surface area contributed by atoms with Gasteiger partial charge in [-0.2, -0.15) is 0 Å². The Bertz CT molecular complexity index is 856. The van der Waals surface area contributed by atoms with Crippen molar-refractivity contribution in [2.45, 2.75) is 0 Å². The molecule has 1 aromatic heterocycles. The monoisotopic (exact) mass is 361 g/mol. The summed E-state index contributed by atoms with van der Waals surface area (Å²) in [7, 11) is 2.95. The lowest BCUT2D eigenvalue weighted by Crippen LogP contribution is -2.00. The second kappa shape index (κ2) is 5.81. The molecule has 22 heavy (non-hydrogen) atoms. The van der Waals surface area contributed by atoms with Crippen LogP contribution in [0.1, 0.15) is 10.4 Å². The predicted molar refractivity (Wildman–Crippen MR) is 85.0 cm³/mol. The molecular formula is C16H12BrNO4. The van der Waals surface area contributed by atoms with E-state index in [-0.39, 0.29) is 0 Å². The topological polar surface area (TPSA) is 61.6 Å². The average molecular weight is 362 g/mol. The van der Waals surface area contributed by atoms with Crippen LogP contribution in [0.3, 0.4) is 0 Å². The van der Waals surface area contributed by atoms with Gasteiger partial charge >= 0.3 is 5.97 Å². The summed E-state index contributed by atoms with van der Waals surface area (Å²) in [5.41, 5.74) is 2.45. The van der Waals surface area contributed by atoms with E-state index in [9.17, 15) is 4.79 Å². The van der Waals surface area contributed by atoms with E-state index in [1.165, 1.54) is 7.11 Å². The predicted octanol–water partition coefficient (Wildman–Crippen LogP) is 4.05. The SMILES string of the molecule is COC(=O)c1ccc2oc(-c3ccc(OC)c(Br)c3)nc2c1. The summed E-state index contributed by atoms with van der Waals surface area (Å²) < 4.78 is 16.4. The number of carbonyl (C=O) groups is 1. The highest BCUT2D eigenvalue weighted by molar-refractivity contribution is 9.10. The lowest BCUT2D eigenvalue weighted by Gasteiger charge is -2.03. The molecule has 0 saturated heterocycles. The molecule has 0 aliphatic rings. The number of oxazole rings is 1. The number of benzene rings is 2. The van der Waals surface area contributed by atoms with Gasteiger partial charge < -0.3 is 13.9 Å². The molecule has 3 aromatic rings. The Labute approximate surface area is 135 Å². The second-order valence-corrected chi connectivity index (χ2v) is 5.40. The van der Waals surface area contributed by atoms with Crippen LogP contribution in [0, 0.1) is 0 Å². The van der Waals surface area contributed by atoms with Crippen LogP contribution >= 0.6 is 15.9 Å². The van der Waals surface area contributed by atoms with E-state index in [0.29, 0.717) is 22.6 Å². The third-order valence-electron chi connectivity index (χ3n) is 3.21. The normalized spacial score (nSPS) is 10.7. The van der Waals surface area contributed by atoms with Crippen LogP contribution in [0.5, 0.6) is 5.75 Å². The number of aromatic nitrogens is 1. The van der Waals surface area contributed by atoms with Crippen LogP contribution in [0.25, 0.3) is 22.6 Å². The Balaban J connectivity index is 2.05. The maximum atomic E-state index is 11.5. The number of ether oxygens (including phenoxy) is 2. The lowest BCUT2D eigenvalue weighted by atomic mass is 10.2. The van der Waals surface area contributed by atoms with Gasteiger partial charge in [0, 0.05) is 5.56 Å². The molecule has 0 atom stereocenters. The quantitative estimate of drug-likeness (QED) is 0.658. The van der Waals surface area contributed by atoms with Crippen molar-refractivity contribution >= 4 is 33.0 Å². The highest BCUT2D eigenvalue weighted by atomic mass is 79.9. The standard InChI is InChI=1S/C16H12BrNO4/c1-20-13-5-3-9(7-11(13)17)15-18-12-8-10(16(19)21-2)4-6-14(12)22-15/h3-8H,1-2H3. The van der Waals surface area contributed by atoms with Crippen molar-refractivity contribution in [2.24, 2.45) is 0 Å². The molecule has 0 bridgehead atoms. The van der Waals surface area contributed by atoms with E-state index in [1.54, 1.807) is 25.3 Å². The summed E-state index contributed by atoms with van der Waals surface area (Å²) in [6.45, 7) is 0. The van der Waals surface area contributed by atoms with E-state index in [2.05, 4.69) is 20.9 Å². The fourth-order valence-corrected chi connectivity index (χ4v) is 2.64. The van der Waals surface area contributed by atoms with Gasteiger partial charge in [0.25, 0.3) is 0 Å². The lowest BCUT2D eigenvalue weighted by molar-refractivity contribution is 0.0601. The van der Waals surface area contributed by atoms with Crippen molar-refractivity contribution in [3.63, 3.8) is 0 Å². The summed E-state index contributed by atoms with van der Waals surface area (Å²) in [6, 6.07) is 10.5. The van der Waals surface area contributed by atoms with Crippen molar-refractivity contribution in [2.75, 3.05) is 14.2 Å². The molecule has 0 saturated carbocycles. The molecule has 0 amide bonds. The van der Waals surface area contributed by atoms with Gasteiger partial charge in [0.05, 0.1) is 24.3 Å². The first-order chi connectivity index (χ1) is 10.6. The van der Waals surface area contributed by atoms with Crippen LogP contribution < -0.4 is 4.74 Å². The number of hydrogen-bond donors (Lipinski definition) is 0. The van der Waals surface area contributed by atoms with E-state index in [4.69, 9.17) is 13.9 Å². The van der Waals surface area contributed by atoms with Crippen LogP contribution in [0.2, 0.25) is 0 Å². The Kier molecular flexibility index (Phi) is 3.85. The zero-order valence-electron chi connectivity index (χ0n) is 11.9. The molecule has 6 heteroatoms. The number of methoxy groups -OCH3 is 2. The fourth-order valence-electron chi connectivity index (χ4n) is 2.10. The van der Waals surface area contributed by atoms with Gasteiger partial charge in [-0.1, -0.05) is 0 Å². The minimum Gasteiger partial charge on any atom is -0.496 e. The van der Waals surface area contributed by atoms with Crippen LogP contribution in [-0.2, 0) is 4.74 Å². The highest BCUT2D eigenvalue weighted by Crippen LogP contribution is 2.31. The first-order valence-electron chi connectivity index (χ1n) is 6.45. The molecule has 0 N–H and O–H groups in total. The number of hydrogen-bond acceptors (Lipinski definition) is 5. The number of halogens is 1. The third-order valence-corrected chi connectivity index (χ3v) is 3.83. The van der Waals surface area contributed by atoms with Crippen LogP contribution in [0.15, 0.2) is 45.3 Å². The number of nitrogens with zero attached hydrogens (tertiary/aromatic N) is 1. The molecule has 1 heterocycles. The summed E-state index contributed by atoms with van der Waals surface area (Å²) in [4.78, 5) is 16.0. The molecule has 3 rings (SSSR count). The molecule has 0 radical (unpaired) electrons. The third kappa shape index (κ3) is 2.57. The van der Waals surface area contributed by atoms with Crippen molar-refractivity contribution in [1.29, 1.82) is 0 Å².